The van der Waals surface area contributed by atoms with Crippen molar-refractivity contribution in [1.29, 1.82) is 0 Å². The van der Waals surface area contributed by atoms with Gasteiger partial charge in [0.25, 0.3) is 5.91 Å². The van der Waals surface area contributed by atoms with Gasteiger partial charge in [-0.25, -0.2) is 0 Å². The number of likely N-dealkylation sites (tertiary alicyclic amines) is 1. The number of carbonyl (C=O) groups is 2. The van der Waals surface area contributed by atoms with Gasteiger partial charge in [-0.15, -0.1) is 0 Å². The Morgan fingerprint density at radius 1 is 1.10 bits per heavy atom. The van der Waals surface area contributed by atoms with Gasteiger partial charge in [-0.2, -0.15) is 0 Å². The van der Waals surface area contributed by atoms with E-state index in [0.29, 0.717) is 24.4 Å². The van der Waals surface area contributed by atoms with Crippen molar-refractivity contribution in [1.82, 2.24) is 10.2 Å². The quantitative estimate of drug-likeness (QED) is 0.657. The second-order valence-electron chi connectivity index (χ2n) is 7.82. The molecule has 0 unspecified atom stereocenters. The zero-order valence-corrected chi connectivity index (χ0v) is 17.8. The number of ether oxygens (including phenoxy) is 1. The van der Waals surface area contributed by atoms with E-state index in [1.807, 2.05) is 6.07 Å². The first kappa shape index (κ1) is 22.0. The number of hydrogen-bond donors (Lipinski definition) is 2. The highest BCUT2D eigenvalue weighted by Gasteiger charge is 2.26. The number of benzene rings is 2. The van der Waals surface area contributed by atoms with Crippen LogP contribution in [0.5, 0.6) is 0 Å². The number of carbonyl (C=O) groups excluding carboxylic acids is 2. The maximum atomic E-state index is 12.8. The highest BCUT2D eigenvalue weighted by Crippen LogP contribution is 2.22. The molecule has 0 aliphatic carbocycles. The van der Waals surface area contributed by atoms with Gasteiger partial charge < -0.3 is 15.4 Å². The van der Waals surface area contributed by atoms with Gasteiger partial charge in [0.2, 0.25) is 5.91 Å². The smallest absolute Gasteiger partial charge is 0.253 e. The van der Waals surface area contributed by atoms with Crippen LogP contribution in [-0.4, -0.2) is 50.1 Å². The summed E-state index contributed by atoms with van der Waals surface area (Å²) in [5.41, 5.74) is 3.61. The number of methoxy groups -OCH3 is 1. The van der Waals surface area contributed by atoms with E-state index in [-0.39, 0.29) is 17.7 Å². The molecule has 2 aromatic rings. The third-order valence-electron chi connectivity index (χ3n) is 5.47. The predicted molar refractivity (Wildman–Crippen MR) is 118 cm³/mol. The van der Waals surface area contributed by atoms with E-state index in [1.54, 1.807) is 25.3 Å². The fourth-order valence-electron chi connectivity index (χ4n) is 3.81. The largest absolute Gasteiger partial charge is 0.383 e. The maximum Gasteiger partial charge on any atom is 0.253 e. The number of anilines is 1. The summed E-state index contributed by atoms with van der Waals surface area (Å²) in [4.78, 5) is 27.6. The molecule has 0 bridgehead atoms. The summed E-state index contributed by atoms with van der Waals surface area (Å²) in [6.07, 6.45) is 1.64. The molecule has 6 heteroatoms. The predicted octanol–water partition coefficient (Wildman–Crippen LogP) is 3.22. The molecule has 0 radical (unpaired) electrons. The summed E-state index contributed by atoms with van der Waals surface area (Å²) in [6.45, 7) is 5.69. The van der Waals surface area contributed by atoms with E-state index in [2.05, 4.69) is 46.7 Å². The minimum absolute atomic E-state index is 0.0117. The van der Waals surface area contributed by atoms with Crippen LogP contribution in [0.1, 0.15) is 34.3 Å². The molecule has 2 amide bonds. The van der Waals surface area contributed by atoms with Crippen LogP contribution in [-0.2, 0) is 16.1 Å². The summed E-state index contributed by atoms with van der Waals surface area (Å²) in [7, 11) is 1.59. The average Bonchev–Trinajstić information content (AvgIpc) is 2.75. The van der Waals surface area contributed by atoms with Crippen molar-refractivity contribution in [2.45, 2.75) is 26.3 Å². The van der Waals surface area contributed by atoms with Crippen LogP contribution in [0, 0.1) is 12.8 Å². The van der Waals surface area contributed by atoms with Crippen molar-refractivity contribution in [3.63, 3.8) is 0 Å². The highest BCUT2D eigenvalue weighted by molar-refractivity contribution is 6.04. The normalized spacial score (nSPS) is 15.0. The van der Waals surface area contributed by atoms with E-state index in [1.165, 1.54) is 11.1 Å². The first-order valence-electron chi connectivity index (χ1n) is 10.5. The molecule has 1 saturated heterocycles. The molecule has 1 fully saturated rings. The molecule has 30 heavy (non-hydrogen) atoms. The highest BCUT2D eigenvalue weighted by atomic mass is 16.5. The standard InChI is InChI=1S/C24H31N3O3/c1-18-6-5-7-19(16-18)17-27-13-10-20(11-14-27)23(28)26-22-9-4-3-8-21(22)24(29)25-12-15-30-2/h3-9,16,20H,10-15,17H2,1-2H3,(H,25,29)(H,26,28). The molecule has 1 aliphatic rings. The van der Waals surface area contributed by atoms with E-state index in [4.69, 9.17) is 4.74 Å². The summed E-state index contributed by atoms with van der Waals surface area (Å²) >= 11 is 0. The van der Waals surface area contributed by atoms with Crippen molar-refractivity contribution in [3.05, 3.63) is 65.2 Å². The Morgan fingerprint density at radius 3 is 2.60 bits per heavy atom. The van der Waals surface area contributed by atoms with Gasteiger partial charge in [0.05, 0.1) is 17.9 Å². The fourth-order valence-corrected chi connectivity index (χ4v) is 3.81. The Balaban J connectivity index is 1.53. The number of hydrogen-bond acceptors (Lipinski definition) is 4. The average molecular weight is 410 g/mol. The second-order valence-corrected chi connectivity index (χ2v) is 7.82. The van der Waals surface area contributed by atoms with Crippen molar-refractivity contribution in [2.75, 3.05) is 38.7 Å². The molecule has 0 atom stereocenters. The van der Waals surface area contributed by atoms with Gasteiger partial charge >= 0.3 is 0 Å². The van der Waals surface area contributed by atoms with Gasteiger partial charge in [-0.3, -0.25) is 14.5 Å². The first-order valence-corrected chi connectivity index (χ1v) is 10.5. The maximum absolute atomic E-state index is 12.8. The molecular weight excluding hydrogens is 378 g/mol. The van der Waals surface area contributed by atoms with Gasteiger partial charge in [-0.05, 0) is 50.6 Å². The molecule has 0 spiro atoms. The lowest BCUT2D eigenvalue weighted by Gasteiger charge is -2.31. The SMILES string of the molecule is COCCNC(=O)c1ccccc1NC(=O)C1CCN(Cc2cccc(C)c2)CC1. The number of piperidine rings is 1. The van der Waals surface area contributed by atoms with E-state index in [0.717, 1.165) is 32.5 Å². The van der Waals surface area contributed by atoms with Crippen molar-refractivity contribution in [3.8, 4) is 0 Å². The molecule has 6 nitrogen and oxygen atoms in total. The zero-order chi connectivity index (χ0) is 21.3. The van der Waals surface area contributed by atoms with Gasteiger partial charge in [0, 0.05) is 26.1 Å². The number of para-hydroxylation sites is 1. The van der Waals surface area contributed by atoms with Crippen LogP contribution in [0.4, 0.5) is 5.69 Å². The van der Waals surface area contributed by atoms with Gasteiger partial charge in [0.1, 0.15) is 0 Å². The lowest BCUT2D eigenvalue weighted by Crippen LogP contribution is -2.38. The Bertz CT molecular complexity index is 860. The molecule has 2 aromatic carbocycles. The zero-order valence-electron chi connectivity index (χ0n) is 17.8. The number of nitrogens with one attached hydrogen (secondary N) is 2. The van der Waals surface area contributed by atoms with Crippen LogP contribution in [0.25, 0.3) is 0 Å². The Hall–Kier alpha value is -2.70. The Morgan fingerprint density at radius 2 is 1.87 bits per heavy atom. The Kier molecular flexibility index (Phi) is 7.99. The lowest BCUT2D eigenvalue weighted by molar-refractivity contribution is -0.121. The first-order chi connectivity index (χ1) is 14.6. The van der Waals surface area contributed by atoms with Crippen LogP contribution >= 0.6 is 0 Å². The molecular formula is C24H31N3O3. The minimum atomic E-state index is -0.212. The molecule has 0 saturated carbocycles. The molecule has 2 N–H and O–H groups in total. The molecule has 1 heterocycles. The van der Waals surface area contributed by atoms with Crippen LogP contribution in [0.15, 0.2) is 48.5 Å². The molecule has 3 rings (SSSR count). The number of amides is 2. The van der Waals surface area contributed by atoms with Crippen LogP contribution in [0.3, 0.4) is 0 Å². The number of rotatable bonds is 8. The summed E-state index contributed by atoms with van der Waals surface area (Å²) in [6, 6.07) is 15.7. The fraction of sp³-hybridized carbons (Fsp3) is 0.417. The number of nitrogens with zero attached hydrogens (tertiary/aromatic N) is 1. The second kappa shape index (κ2) is 10.9. The Labute approximate surface area is 178 Å². The third kappa shape index (κ3) is 6.15. The monoisotopic (exact) mass is 409 g/mol. The summed E-state index contributed by atoms with van der Waals surface area (Å²) < 4.78 is 4.97. The molecule has 0 aromatic heterocycles. The lowest BCUT2D eigenvalue weighted by atomic mass is 9.95. The summed E-state index contributed by atoms with van der Waals surface area (Å²) in [5, 5.41) is 5.78. The van der Waals surface area contributed by atoms with Crippen molar-refractivity contribution < 1.29 is 14.3 Å². The van der Waals surface area contributed by atoms with Crippen LogP contribution in [0.2, 0.25) is 0 Å². The minimum Gasteiger partial charge on any atom is -0.383 e. The van der Waals surface area contributed by atoms with Crippen molar-refractivity contribution >= 4 is 17.5 Å². The molecule has 1 aliphatic heterocycles. The van der Waals surface area contributed by atoms with E-state index >= 15 is 0 Å². The van der Waals surface area contributed by atoms with Crippen LogP contribution < -0.4 is 10.6 Å². The van der Waals surface area contributed by atoms with Gasteiger partial charge in [0.15, 0.2) is 0 Å². The number of aryl methyl sites for hydroxylation is 1. The van der Waals surface area contributed by atoms with Crippen molar-refractivity contribution in [2.24, 2.45) is 5.92 Å². The topological polar surface area (TPSA) is 70.7 Å². The summed E-state index contributed by atoms with van der Waals surface area (Å²) in [5.74, 6) is -0.262. The third-order valence-corrected chi connectivity index (χ3v) is 5.47. The van der Waals surface area contributed by atoms with E-state index < -0.39 is 0 Å². The van der Waals surface area contributed by atoms with E-state index in [9.17, 15) is 9.59 Å². The van der Waals surface area contributed by atoms with Gasteiger partial charge in [-0.1, -0.05) is 42.0 Å². The molecule has 160 valence electrons.